The summed E-state index contributed by atoms with van der Waals surface area (Å²) in [5.41, 5.74) is -0.474. The Morgan fingerprint density at radius 1 is 1.40 bits per heavy atom. The van der Waals surface area contributed by atoms with Crippen LogP contribution in [0, 0.1) is 5.41 Å². The third-order valence-corrected chi connectivity index (χ3v) is 2.53. The predicted molar refractivity (Wildman–Crippen MR) is 72.4 cm³/mol. The Morgan fingerprint density at radius 2 is 2.05 bits per heavy atom. The molecule has 0 spiro atoms. The number of carboxylic acid groups (broad SMARTS) is 1. The fourth-order valence-electron chi connectivity index (χ4n) is 1.85. The Hall–Kier alpha value is -2.18. The lowest BCUT2D eigenvalue weighted by Gasteiger charge is -2.25. The maximum absolute atomic E-state index is 11.9. The summed E-state index contributed by atoms with van der Waals surface area (Å²) in [4.78, 5) is 33.7. The number of nitrogens with one attached hydrogen (secondary N) is 2. The number of aromatic nitrogens is 2. The van der Waals surface area contributed by atoms with E-state index in [1.54, 1.807) is 0 Å². The molecule has 0 aromatic carbocycles. The van der Waals surface area contributed by atoms with Crippen LogP contribution < -0.4 is 10.9 Å². The molecule has 0 saturated carbocycles. The first-order valence-corrected chi connectivity index (χ1v) is 6.26. The van der Waals surface area contributed by atoms with Gasteiger partial charge in [-0.1, -0.05) is 20.8 Å². The average Bonchev–Trinajstić information content (AvgIpc) is 2.26. The van der Waals surface area contributed by atoms with Crippen LogP contribution >= 0.6 is 0 Å². The SMILES string of the molecule is CC(C)(C)CC(CC(=O)O)NC(=O)c1ccc(=O)[nH]n1. The minimum absolute atomic E-state index is 0.0499. The minimum Gasteiger partial charge on any atom is -0.481 e. The number of rotatable bonds is 5. The van der Waals surface area contributed by atoms with E-state index in [0.29, 0.717) is 6.42 Å². The van der Waals surface area contributed by atoms with Crippen LogP contribution in [0.1, 0.15) is 44.1 Å². The number of carbonyl (C=O) groups excluding carboxylic acids is 1. The molecule has 0 aliphatic rings. The van der Waals surface area contributed by atoms with Gasteiger partial charge in [-0.05, 0) is 17.9 Å². The number of carbonyl (C=O) groups is 2. The molecule has 0 bridgehead atoms. The van der Waals surface area contributed by atoms with Gasteiger partial charge in [0.1, 0.15) is 5.69 Å². The Bertz CT molecular complexity index is 525. The van der Waals surface area contributed by atoms with Crippen LogP contribution in [0.2, 0.25) is 0 Å². The van der Waals surface area contributed by atoms with E-state index >= 15 is 0 Å². The third kappa shape index (κ3) is 5.64. The molecule has 7 nitrogen and oxygen atoms in total. The second-order valence-electron chi connectivity index (χ2n) is 5.84. The lowest BCUT2D eigenvalue weighted by molar-refractivity contribution is -0.137. The van der Waals surface area contributed by atoms with Gasteiger partial charge in [0.25, 0.3) is 11.5 Å². The molecule has 1 atom stereocenters. The second kappa shape index (κ2) is 6.31. The number of hydrogen-bond donors (Lipinski definition) is 3. The van der Waals surface area contributed by atoms with E-state index in [2.05, 4.69) is 15.5 Å². The first kappa shape index (κ1) is 15.9. The quantitative estimate of drug-likeness (QED) is 0.738. The highest BCUT2D eigenvalue weighted by atomic mass is 16.4. The van der Waals surface area contributed by atoms with Crippen molar-refractivity contribution in [1.82, 2.24) is 15.5 Å². The molecule has 20 heavy (non-hydrogen) atoms. The molecule has 0 aliphatic heterocycles. The van der Waals surface area contributed by atoms with Crippen LogP contribution in [0.15, 0.2) is 16.9 Å². The van der Waals surface area contributed by atoms with Crippen LogP contribution in [0.5, 0.6) is 0 Å². The summed E-state index contributed by atoms with van der Waals surface area (Å²) < 4.78 is 0. The Morgan fingerprint density at radius 3 is 2.50 bits per heavy atom. The van der Waals surface area contributed by atoms with E-state index in [1.807, 2.05) is 20.8 Å². The number of aliphatic carboxylic acids is 1. The molecule has 3 N–H and O–H groups in total. The van der Waals surface area contributed by atoms with Crippen molar-refractivity contribution < 1.29 is 14.7 Å². The zero-order valence-electron chi connectivity index (χ0n) is 11.8. The summed E-state index contributed by atoms with van der Waals surface area (Å²) in [6.45, 7) is 5.89. The normalized spacial score (nSPS) is 12.8. The van der Waals surface area contributed by atoms with Crippen molar-refractivity contribution in [3.63, 3.8) is 0 Å². The minimum atomic E-state index is -0.978. The molecule has 0 fully saturated rings. The third-order valence-electron chi connectivity index (χ3n) is 2.53. The molecule has 0 saturated heterocycles. The number of amides is 1. The van der Waals surface area contributed by atoms with Crippen molar-refractivity contribution in [3.05, 3.63) is 28.2 Å². The molecule has 0 aliphatic carbocycles. The van der Waals surface area contributed by atoms with E-state index in [1.165, 1.54) is 12.1 Å². The van der Waals surface area contributed by atoms with Crippen molar-refractivity contribution in [2.75, 3.05) is 0 Å². The maximum Gasteiger partial charge on any atom is 0.305 e. The van der Waals surface area contributed by atoms with Crippen molar-refractivity contribution in [2.24, 2.45) is 5.41 Å². The molecule has 1 unspecified atom stereocenters. The topological polar surface area (TPSA) is 112 Å². The number of H-pyrrole nitrogens is 1. The van der Waals surface area contributed by atoms with Crippen molar-refractivity contribution in [2.45, 2.75) is 39.7 Å². The van der Waals surface area contributed by atoms with Gasteiger partial charge in [-0.15, -0.1) is 0 Å². The largest absolute Gasteiger partial charge is 0.481 e. The van der Waals surface area contributed by atoms with Crippen LogP contribution in [0.25, 0.3) is 0 Å². The first-order valence-electron chi connectivity index (χ1n) is 6.26. The summed E-state index contributed by atoms with van der Waals surface area (Å²) in [5, 5.41) is 17.3. The van der Waals surface area contributed by atoms with E-state index < -0.39 is 23.5 Å². The van der Waals surface area contributed by atoms with Crippen molar-refractivity contribution in [1.29, 1.82) is 0 Å². The van der Waals surface area contributed by atoms with Crippen LogP contribution in [0.4, 0.5) is 0 Å². The van der Waals surface area contributed by atoms with Gasteiger partial charge in [0.2, 0.25) is 0 Å². The molecule has 1 heterocycles. The Labute approximate surface area is 116 Å². The highest BCUT2D eigenvalue weighted by Crippen LogP contribution is 2.22. The summed E-state index contributed by atoms with van der Waals surface area (Å²) in [5.74, 6) is -1.48. The monoisotopic (exact) mass is 281 g/mol. The molecule has 1 rings (SSSR count). The second-order valence-corrected chi connectivity index (χ2v) is 5.84. The maximum atomic E-state index is 11.9. The van der Waals surface area contributed by atoms with Gasteiger partial charge in [-0.2, -0.15) is 5.10 Å². The Balaban J connectivity index is 2.78. The molecule has 7 heteroatoms. The number of hydrogen-bond acceptors (Lipinski definition) is 4. The molecular formula is C13H19N3O4. The van der Waals surface area contributed by atoms with Crippen LogP contribution in [-0.2, 0) is 4.79 Å². The zero-order valence-corrected chi connectivity index (χ0v) is 11.8. The molecule has 0 radical (unpaired) electrons. The predicted octanol–water partition coefficient (Wildman–Crippen LogP) is 0.779. The lowest BCUT2D eigenvalue weighted by atomic mass is 9.87. The average molecular weight is 281 g/mol. The van der Waals surface area contributed by atoms with E-state index in [-0.39, 0.29) is 17.5 Å². The smallest absolute Gasteiger partial charge is 0.305 e. The van der Waals surface area contributed by atoms with Crippen molar-refractivity contribution in [3.8, 4) is 0 Å². The summed E-state index contributed by atoms with van der Waals surface area (Å²) >= 11 is 0. The van der Waals surface area contributed by atoms with Crippen molar-refractivity contribution >= 4 is 11.9 Å². The van der Waals surface area contributed by atoms with Gasteiger partial charge in [0, 0.05) is 12.1 Å². The first-order chi connectivity index (χ1) is 9.17. The lowest BCUT2D eigenvalue weighted by Crippen LogP contribution is -2.39. The van der Waals surface area contributed by atoms with Gasteiger partial charge >= 0.3 is 5.97 Å². The standard InChI is InChI=1S/C13H19N3O4/c1-13(2,3)7-8(6-11(18)19)14-12(20)9-4-5-10(17)16-15-9/h4-5,8H,6-7H2,1-3H3,(H,14,20)(H,16,17)(H,18,19). The number of nitrogens with zero attached hydrogens (tertiary/aromatic N) is 1. The van der Waals surface area contributed by atoms with E-state index in [0.717, 1.165) is 0 Å². The fraction of sp³-hybridized carbons (Fsp3) is 0.538. The molecule has 1 aromatic rings. The number of carboxylic acids is 1. The highest BCUT2D eigenvalue weighted by Gasteiger charge is 2.23. The fourth-order valence-corrected chi connectivity index (χ4v) is 1.85. The van der Waals surface area contributed by atoms with Gasteiger partial charge in [-0.3, -0.25) is 14.4 Å². The Kier molecular flexibility index (Phi) is 5.01. The molecular weight excluding hydrogens is 262 g/mol. The van der Waals surface area contributed by atoms with Gasteiger partial charge in [0.05, 0.1) is 6.42 Å². The van der Waals surface area contributed by atoms with Gasteiger partial charge in [0.15, 0.2) is 0 Å². The molecule has 1 amide bonds. The summed E-state index contributed by atoms with van der Waals surface area (Å²) in [6, 6.07) is 2.00. The molecule has 1 aromatic heterocycles. The van der Waals surface area contributed by atoms with Gasteiger partial charge in [-0.25, -0.2) is 5.10 Å². The summed E-state index contributed by atoms with van der Waals surface area (Å²) in [7, 11) is 0. The summed E-state index contributed by atoms with van der Waals surface area (Å²) in [6.07, 6.45) is 0.362. The zero-order chi connectivity index (χ0) is 15.3. The van der Waals surface area contributed by atoms with Crippen LogP contribution in [0.3, 0.4) is 0 Å². The van der Waals surface area contributed by atoms with Crippen LogP contribution in [-0.4, -0.2) is 33.2 Å². The number of aromatic amines is 1. The molecule has 110 valence electrons. The van der Waals surface area contributed by atoms with E-state index in [9.17, 15) is 14.4 Å². The van der Waals surface area contributed by atoms with E-state index in [4.69, 9.17) is 5.11 Å². The van der Waals surface area contributed by atoms with Gasteiger partial charge < -0.3 is 10.4 Å². The highest BCUT2D eigenvalue weighted by molar-refractivity contribution is 5.92.